The van der Waals surface area contributed by atoms with Crippen molar-refractivity contribution < 1.29 is 0 Å². The Kier molecular flexibility index (Phi) is 2.86. The molecule has 136 valence electrons. The van der Waals surface area contributed by atoms with Crippen LogP contribution >= 0.6 is 0 Å². The van der Waals surface area contributed by atoms with Crippen LogP contribution in [0.5, 0.6) is 0 Å². The number of hydrogen-bond donors (Lipinski definition) is 3. The van der Waals surface area contributed by atoms with E-state index in [1.165, 1.54) is 44.2 Å². The number of fused-ring (bicyclic) bond motifs is 1. The predicted octanol–water partition coefficient (Wildman–Crippen LogP) is 2.54. The predicted molar refractivity (Wildman–Crippen MR) is 99.7 cm³/mol. The molecule has 2 saturated heterocycles. The quantitative estimate of drug-likeness (QED) is 0.742. The smallest absolute Gasteiger partial charge is 0.227 e. The Labute approximate surface area is 153 Å². The van der Waals surface area contributed by atoms with Crippen molar-refractivity contribution in [1.82, 2.24) is 25.5 Å². The van der Waals surface area contributed by atoms with Crippen LogP contribution in [-0.4, -0.2) is 45.3 Å². The molecular formula is C19H25N7. The number of nitrogens with zero attached hydrogens (tertiary/aromatic N) is 4. The van der Waals surface area contributed by atoms with Gasteiger partial charge >= 0.3 is 0 Å². The molecule has 5 fully saturated rings. The number of aromatic amines is 1. The second-order valence-electron chi connectivity index (χ2n) is 8.65. The van der Waals surface area contributed by atoms with Crippen molar-refractivity contribution in [3.05, 3.63) is 24.0 Å². The minimum Gasteiger partial charge on any atom is -0.337 e. The van der Waals surface area contributed by atoms with E-state index >= 15 is 0 Å². The van der Waals surface area contributed by atoms with Crippen LogP contribution in [0.25, 0.3) is 0 Å². The van der Waals surface area contributed by atoms with Crippen LogP contribution in [0.3, 0.4) is 0 Å². The maximum absolute atomic E-state index is 4.79. The standard InChI is InChI=1S/C19H25N7/c1-20-19(5-6-19)18-9-13(10-18)26(11-18)17-21-7-4-15(23-17)22-16-8-14(24-25-16)12-2-3-12/h4,7-8,12-13,20H,2-3,5-6,9-11H2,1H3,(H2,21,22,23,24,25). The van der Waals surface area contributed by atoms with E-state index in [9.17, 15) is 0 Å². The van der Waals surface area contributed by atoms with E-state index in [4.69, 9.17) is 4.98 Å². The highest BCUT2D eigenvalue weighted by Crippen LogP contribution is 2.65. The molecule has 0 unspecified atom stereocenters. The summed E-state index contributed by atoms with van der Waals surface area (Å²) in [6.45, 7) is 1.08. The molecule has 2 bridgehead atoms. The molecule has 0 aromatic carbocycles. The highest BCUT2D eigenvalue weighted by molar-refractivity contribution is 5.55. The van der Waals surface area contributed by atoms with Gasteiger partial charge in [-0.05, 0) is 51.6 Å². The first-order valence-electron chi connectivity index (χ1n) is 9.81. The van der Waals surface area contributed by atoms with E-state index in [1.54, 1.807) is 0 Å². The van der Waals surface area contributed by atoms with E-state index in [1.807, 2.05) is 12.3 Å². The second-order valence-corrected chi connectivity index (χ2v) is 8.65. The van der Waals surface area contributed by atoms with Gasteiger partial charge in [-0.15, -0.1) is 0 Å². The van der Waals surface area contributed by atoms with Crippen molar-refractivity contribution in [2.24, 2.45) is 5.41 Å². The lowest BCUT2D eigenvalue weighted by atomic mass is 9.63. The molecule has 3 N–H and O–H groups in total. The summed E-state index contributed by atoms with van der Waals surface area (Å²) in [5, 5.41) is 14.4. The topological polar surface area (TPSA) is 81.8 Å². The largest absolute Gasteiger partial charge is 0.337 e. The fraction of sp³-hybridized carbons (Fsp3) is 0.632. The van der Waals surface area contributed by atoms with Crippen LogP contribution in [0.1, 0.15) is 50.1 Å². The van der Waals surface area contributed by atoms with Crippen LogP contribution < -0.4 is 15.5 Å². The summed E-state index contributed by atoms with van der Waals surface area (Å²) in [7, 11) is 2.12. The lowest BCUT2D eigenvalue weighted by Gasteiger charge is -2.43. The third kappa shape index (κ3) is 2.06. The van der Waals surface area contributed by atoms with Gasteiger partial charge in [0.05, 0.1) is 0 Å². The number of hydrogen-bond acceptors (Lipinski definition) is 6. The summed E-state index contributed by atoms with van der Waals surface area (Å²) < 4.78 is 0. The Morgan fingerprint density at radius 3 is 2.81 bits per heavy atom. The second kappa shape index (κ2) is 4.97. The molecule has 3 saturated carbocycles. The van der Waals surface area contributed by atoms with E-state index < -0.39 is 0 Å². The third-order valence-corrected chi connectivity index (χ3v) is 7.18. The summed E-state index contributed by atoms with van der Waals surface area (Å²) in [5.41, 5.74) is 2.04. The zero-order valence-electron chi connectivity index (χ0n) is 15.1. The van der Waals surface area contributed by atoms with Gasteiger partial charge in [0.2, 0.25) is 5.95 Å². The van der Waals surface area contributed by atoms with Crippen LogP contribution in [-0.2, 0) is 0 Å². The Morgan fingerprint density at radius 1 is 1.23 bits per heavy atom. The van der Waals surface area contributed by atoms with Crippen LogP contribution in [0.15, 0.2) is 18.3 Å². The number of nitrogens with one attached hydrogen (secondary N) is 3. The summed E-state index contributed by atoms with van der Waals surface area (Å²) in [6, 6.07) is 4.62. The highest BCUT2D eigenvalue weighted by Gasteiger charge is 2.69. The van der Waals surface area contributed by atoms with E-state index in [0.29, 0.717) is 22.9 Å². The lowest BCUT2D eigenvalue weighted by molar-refractivity contribution is 0.117. The van der Waals surface area contributed by atoms with E-state index in [-0.39, 0.29) is 0 Å². The Hall–Kier alpha value is -2.15. The molecule has 2 aromatic heterocycles. The maximum Gasteiger partial charge on any atom is 0.227 e. The van der Waals surface area contributed by atoms with Gasteiger partial charge in [-0.3, -0.25) is 5.10 Å². The summed E-state index contributed by atoms with van der Waals surface area (Å²) in [5.74, 6) is 3.18. The first-order chi connectivity index (χ1) is 12.7. The molecule has 2 aliphatic heterocycles. The molecule has 2 aromatic rings. The van der Waals surface area contributed by atoms with Crippen molar-refractivity contribution >= 4 is 17.6 Å². The molecule has 0 atom stereocenters. The molecule has 3 aliphatic carbocycles. The van der Waals surface area contributed by atoms with Gasteiger partial charge < -0.3 is 15.5 Å². The van der Waals surface area contributed by atoms with Crippen molar-refractivity contribution in [1.29, 1.82) is 0 Å². The minimum absolute atomic E-state index is 0.377. The average molecular weight is 351 g/mol. The van der Waals surface area contributed by atoms with Gasteiger partial charge in [0, 0.05) is 47.4 Å². The van der Waals surface area contributed by atoms with Crippen molar-refractivity contribution in [3.63, 3.8) is 0 Å². The summed E-state index contributed by atoms with van der Waals surface area (Å²) in [6.07, 6.45) is 9.57. The van der Waals surface area contributed by atoms with Crippen LogP contribution in [0.4, 0.5) is 17.6 Å². The molecule has 0 amide bonds. The molecule has 0 spiro atoms. The number of anilines is 3. The van der Waals surface area contributed by atoms with E-state index in [0.717, 1.165) is 24.1 Å². The fourth-order valence-corrected chi connectivity index (χ4v) is 5.29. The first kappa shape index (κ1) is 15.0. The van der Waals surface area contributed by atoms with Crippen molar-refractivity contribution in [2.75, 3.05) is 23.8 Å². The van der Waals surface area contributed by atoms with Gasteiger partial charge in [0.25, 0.3) is 0 Å². The normalized spacial score (nSPS) is 31.0. The molecule has 26 heavy (non-hydrogen) atoms. The molecule has 0 radical (unpaired) electrons. The molecule has 7 nitrogen and oxygen atoms in total. The molecule has 5 aliphatic rings. The molecule has 7 heteroatoms. The maximum atomic E-state index is 4.79. The fourth-order valence-electron chi connectivity index (χ4n) is 5.29. The van der Waals surface area contributed by atoms with E-state index in [2.05, 4.69) is 43.8 Å². The van der Waals surface area contributed by atoms with Gasteiger partial charge in [-0.1, -0.05) is 0 Å². The number of aromatic nitrogens is 4. The SMILES string of the molecule is CNC1(C23CC(C2)N(c2nccc(Nc4cc(C5CC5)[nH]n4)n2)C3)CC1. The number of rotatable bonds is 6. The van der Waals surface area contributed by atoms with Crippen LogP contribution in [0.2, 0.25) is 0 Å². The van der Waals surface area contributed by atoms with Crippen LogP contribution in [0, 0.1) is 5.41 Å². The summed E-state index contributed by atoms with van der Waals surface area (Å²) >= 11 is 0. The Morgan fingerprint density at radius 2 is 2.08 bits per heavy atom. The zero-order valence-corrected chi connectivity index (χ0v) is 15.1. The van der Waals surface area contributed by atoms with Gasteiger partial charge in [0.15, 0.2) is 5.82 Å². The zero-order chi connectivity index (χ0) is 17.4. The first-order valence-corrected chi connectivity index (χ1v) is 9.81. The molecule has 7 rings (SSSR count). The Balaban J connectivity index is 1.20. The summed E-state index contributed by atoms with van der Waals surface area (Å²) in [4.78, 5) is 11.8. The van der Waals surface area contributed by atoms with Gasteiger partial charge in [-0.25, -0.2) is 4.98 Å². The average Bonchev–Trinajstić information content (AvgIpc) is 3.53. The molecular weight excluding hydrogens is 326 g/mol. The molecule has 4 heterocycles. The van der Waals surface area contributed by atoms with Gasteiger partial charge in [-0.2, -0.15) is 10.1 Å². The van der Waals surface area contributed by atoms with Crippen molar-refractivity contribution in [3.8, 4) is 0 Å². The lowest BCUT2D eigenvalue weighted by Crippen LogP contribution is -2.51. The monoisotopic (exact) mass is 351 g/mol. The number of H-pyrrole nitrogens is 1. The van der Waals surface area contributed by atoms with Gasteiger partial charge in [0.1, 0.15) is 5.82 Å². The third-order valence-electron chi connectivity index (χ3n) is 7.18. The Bertz CT molecular complexity index is 845. The highest BCUT2D eigenvalue weighted by atomic mass is 15.3. The van der Waals surface area contributed by atoms with Crippen molar-refractivity contribution in [2.45, 2.75) is 56.0 Å². The minimum atomic E-state index is 0.377.